The van der Waals surface area contributed by atoms with Crippen LogP contribution >= 0.6 is 0 Å². The molecule has 0 radical (unpaired) electrons. The smallest absolute Gasteiger partial charge is 0.323 e. The SMILES string of the molecule is CNC1(C(=O)O)CCN(Cc2ccccc2)CC1. The summed E-state index contributed by atoms with van der Waals surface area (Å²) in [6.45, 7) is 2.55. The molecule has 4 nitrogen and oxygen atoms in total. The van der Waals surface area contributed by atoms with Crippen LogP contribution in [0, 0.1) is 0 Å². The molecule has 1 aromatic rings. The fourth-order valence-corrected chi connectivity index (χ4v) is 2.51. The number of nitrogens with one attached hydrogen (secondary N) is 1. The molecule has 0 unspecified atom stereocenters. The molecule has 2 rings (SSSR count). The molecule has 1 fully saturated rings. The van der Waals surface area contributed by atoms with Gasteiger partial charge in [-0.25, -0.2) is 0 Å². The van der Waals surface area contributed by atoms with Gasteiger partial charge in [0, 0.05) is 19.6 Å². The highest BCUT2D eigenvalue weighted by molar-refractivity contribution is 5.78. The van der Waals surface area contributed by atoms with Gasteiger partial charge in [-0.05, 0) is 25.5 Å². The highest BCUT2D eigenvalue weighted by atomic mass is 16.4. The monoisotopic (exact) mass is 248 g/mol. The number of nitrogens with zero attached hydrogens (tertiary/aromatic N) is 1. The van der Waals surface area contributed by atoms with Gasteiger partial charge < -0.3 is 10.4 Å². The van der Waals surface area contributed by atoms with E-state index in [0.29, 0.717) is 12.8 Å². The molecule has 0 aliphatic carbocycles. The Kier molecular flexibility index (Phi) is 3.99. The van der Waals surface area contributed by atoms with E-state index in [1.807, 2.05) is 18.2 Å². The third-order valence-electron chi connectivity index (χ3n) is 3.85. The molecule has 0 saturated carbocycles. The molecule has 0 aromatic heterocycles. The lowest BCUT2D eigenvalue weighted by Gasteiger charge is -2.38. The standard InChI is InChI=1S/C14H20N2O2/c1-15-14(13(17)18)7-9-16(10-8-14)11-12-5-3-2-4-6-12/h2-6,15H,7-11H2,1H3,(H,17,18). The molecule has 0 atom stereocenters. The second kappa shape index (κ2) is 5.50. The number of hydrogen-bond donors (Lipinski definition) is 2. The number of carboxylic acids is 1. The molecule has 4 heteroatoms. The van der Waals surface area contributed by atoms with Gasteiger partial charge in [0.05, 0.1) is 0 Å². The molecule has 2 N–H and O–H groups in total. The quantitative estimate of drug-likeness (QED) is 0.844. The first kappa shape index (κ1) is 13.1. The van der Waals surface area contributed by atoms with Crippen LogP contribution in [0.4, 0.5) is 0 Å². The average Bonchev–Trinajstić information content (AvgIpc) is 2.41. The number of carbonyl (C=O) groups is 1. The summed E-state index contributed by atoms with van der Waals surface area (Å²) in [6.07, 6.45) is 1.32. The van der Waals surface area contributed by atoms with Crippen molar-refractivity contribution in [2.24, 2.45) is 0 Å². The molecule has 98 valence electrons. The van der Waals surface area contributed by atoms with Gasteiger partial charge in [-0.1, -0.05) is 30.3 Å². The second-order valence-corrected chi connectivity index (χ2v) is 4.90. The lowest BCUT2D eigenvalue weighted by molar-refractivity contribution is -0.146. The summed E-state index contributed by atoms with van der Waals surface area (Å²) in [4.78, 5) is 13.6. The Morgan fingerprint density at radius 1 is 1.33 bits per heavy atom. The topological polar surface area (TPSA) is 52.6 Å². The second-order valence-electron chi connectivity index (χ2n) is 4.90. The summed E-state index contributed by atoms with van der Waals surface area (Å²) in [5, 5.41) is 12.3. The minimum absolute atomic E-state index is 0.658. The molecule has 18 heavy (non-hydrogen) atoms. The molecule has 1 aliphatic rings. The molecular weight excluding hydrogens is 228 g/mol. The molecule has 1 heterocycles. The normalized spacial score (nSPS) is 19.6. The lowest BCUT2D eigenvalue weighted by Crippen LogP contribution is -2.57. The summed E-state index contributed by atoms with van der Waals surface area (Å²) in [6, 6.07) is 10.3. The van der Waals surface area contributed by atoms with Crippen LogP contribution in [0.1, 0.15) is 18.4 Å². The number of rotatable bonds is 4. The van der Waals surface area contributed by atoms with Crippen LogP contribution in [-0.2, 0) is 11.3 Å². The number of piperidine rings is 1. The highest BCUT2D eigenvalue weighted by Gasteiger charge is 2.39. The van der Waals surface area contributed by atoms with Crippen molar-refractivity contribution in [3.8, 4) is 0 Å². The van der Waals surface area contributed by atoms with Crippen LogP contribution in [-0.4, -0.2) is 41.7 Å². The predicted molar refractivity (Wildman–Crippen MR) is 70.4 cm³/mol. The minimum Gasteiger partial charge on any atom is -0.480 e. The molecule has 1 aromatic carbocycles. The first-order valence-corrected chi connectivity index (χ1v) is 6.35. The van der Waals surface area contributed by atoms with Crippen LogP contribution < -0.4 is 5.32 Å². The Hall–Kier alpha value is -1.39. The molecular formula is C14H20N2O2. The maximum absolute atomic E-state index is 11.3. The van der Waals surface area contributed by atoms with E-state index in [1.165, 1.54) is 5.56 Å². The Morgan fingerprint density at radius 3 is 2.44 bits per heavy atom. The van der Waals surface area contributed by atoms with Crippen LogP contribution in [0.5, 0.6) is 0 Å². The third-order valence-corrected chi connectivity index (χ3v) is 3.85. The van der Waals surface area contributed by atoms with Crippen molar-refractivity contribution < 1.29 is 9.90 Å². The summed E-state index contributed by atoms with van der Waals surface area (Å²) < 4.78 is 0. The Balaban J connectivity index is 1.93. The van der Waals surface area contributed by atoms with Gasteiger partial charge in [0.1, 0.15) is 5.54 Å². The number of aliphatic carboxylic acids is 1. The zero-order chi connectivity index (χ0) is 13.0. The van der Waals surface area contributed by atoms with Crippen molar-refractivity contribution >= 4 is 5.97 Å². The van der Waals surface area contributed by atoms with E-state index in [4.69, 9.17) is 0 Å². The number of carboxylic acid groups (broad SMARTS) is 1. The summed E-state index contributed by atoms with van der Waals surface area (Å²) in [5.41, 5.74) is 0.553. The Labute approximate surface area is 108 Å². The maximum atomic E-state index is 11.3. The lowest BCUT2D eigenvalue weighted by atomic mass is 9.87. The van der Waals surface area contributed by atoms with Crippen molar-refractivity contribution in [2.45, 2.75) is 24.9 Å². The zero-order valence-electron chi connectivity index (χ0n) is 10.7. The van der Waals surface area contributed by atoms with Gasteiger partial charge in [-0.15, -0.1) is 0 Å². The van der Waals surface area contributed by atoms with Gasteiger partial charge in [-0.2, -0.15) is 0 Å². The first-order valence-electron chi connectivity index (χ1n) is 6.35. The van der Waals surface area contributed by atoms with E-state index >= 15 is 0 Å². The van der Waals surface area contributed by atoms with E-state index < -0.39 is 11.5 Å². The maximum Gasteiger partial charge on any atom is 0.323 e. The van der Waals surface area contributed by atoms with Crippen molar-refractivity contribution in [3.63, 3.8) is 0 Å². The molecule has 1 aliphatic heterocycles. The minimum atomic E-state index is -0.732. The van der Waals surface area contributed by atoms with Crippen molar-refractivity contribution in [1.82, 2.24) is 10.2 Å². The molecule has 0 bridgehead atoms. The van der Waals surface area contributed by atoms with Crippen LogP contribution in [0.15, 0.2) is 30.3 Å². The van der Waals surface area contributed by atoms with Crippen LogP contribution in [0.2, 0.25) is 0 Å². The third kappa shape index (κ3) is 2.71. The zero-order valence-corrected chi connectivity index (χ0v) is 10.7. The summed E-state index contributed by atoms with van der Waals surface area (Å²) in [7, 11) is 1.74. The van der Waals surface area contributed by atoms with E-state index in [0.717, 1.165) is 19.6 Å². The number of benzene rings is 1. The predicted octanol–water partition coefficient (Wildman–Crippen LogP) is 1.33. The van der Waals surface area contributed by atoms with Crippen molar-refractivity contribution in [2.75, 3.05) is 20.1 Å². The molecule has 1 saturated heterocycles. The highest BCUT2D eigenvalue weighted by Crippen LogP contribution is 2.23. The summed E-state index contributed by atoms with van der Waals surface area (Å²) >= 11 is 0. The van der Waals surface area contributed by atoms with Crippen molar-refractivity contribution in [3.05, 3.63) is 35.9 Å². The van der Waals surface area contributed by atoms with E-state index in [2.05, 4.69) is 22.3 Å². The van der Waals surface area contributed by atoms with Gasteiger partial charge in [-0.3, -0.25) is 9.69 Å². The largest absolute Gasteiger partial charge is 0.480 e. The fourth-order valence-electron chi connectivity index (χ4n) is 2.51. The number of hydrogen-bond acceptors (Lipinski definition) is 3. The number of likely N-dealkylation sites (tertiary alicyclic amines) is 1. The Bertz CT molecular complexity index is 398. The van der Waals surface area contributed by atoms with Crippen molar-refractivity contribution in [1.29, 1.82) is 0 Å². The van der Waals surface area contributed by atoms with E-state index in [9.17, 15) is 9.90 Å². The van der Waals surface area contributed by atoms with E-state index in [1.54, 1.807) is 7.05 Å². The molecule has 0 amide bonds. The number of likely N-dealkylation sites (N-methyl/N-ethyl adjacent to an activating group) is 1. The average molecular weight is 248 g/mol. The Morgan fingerprint density at radius 2 is 1.94 bits per heavy atom. The van der Waals surface area contributed by atoms with Gasteiger partial charge in [0.2, 0.25) is 0 Å². The van der Waals surface area contributed by atoms with Gasteiger partial charge in [0.15, 0.2) is 0 Å². The molecule has 0 spiro atoms. The van der Waals surface area contributed by atoms with Gasteiger partial charge >= 0.3 is 5.97 Å². The van der Waals surface area contributed by atoms with Gasteiger partial charge in [0.25, 0.3) is 0 Å². The first-order chi connectivity index (χ1) is 8.66. The van der Waals surface area contributed by atoms with E-state index in [-0.39, 0.29) is 0 Å². The fraction of sp³-hybridized carbons (Fsp3) is 0.500. The summed E-state index contributed by atoms with van der Waals surface area (Å²) in [5.74, 6) is -0.732. The van der Waals surface area contributed by atoms with Crippen LogP contribution in [0.25, 0.3) is 0 Å². The van der Waals surface area contributed by atoms with Crippen LogP contribution in [0.3, 0.4) is 0 Å².